The highest BCUT2D eigenvalue weighted by Crippen LogP contribution is 2.29. The van der Waals surface area contributed by atoms with E-state index in [1.807, 2.05) is 0 Å². The van der Waals surface area contributed by atoms with Gasteiger partial charge in [-0.05, 0) is 48.5 Å². The molecule has 0 bridgehead atoms. The molecule has 0 saturated carbocycles. The molecule has 158 valence electrons. The van der Waals surface area contributed by atoms with Crippen LogP contribution < -0.4 is 10.0 Å². The largest absolute Gasteiger partial charge is 0.321 e. The van der Waals surface area contributed by atoms with E-state index in [0.29, 0.717) is 27.0 Å². The summed E-state index contributed by atoms with van der Waals surface area (Å²) >= 11 is 13.3. The number of anilines is 2. The fraction of sp³-hybridized carbons (Fsp3) is 0. The van der Waals surface area contributed by atoms with Gasteiger partial charge in [0.05, 0.1) is 15.6 Å². The number of carbonyl (C=O) groups excluding carboxylic acids is 1. The van der Waals surface area contributed by atoms with Crippen LogP contribution in [0.3, 0.4) is 0 Å². The molecule has 2 aromatic heterocycles. The Kier molecular flexibility index (Phi) is 5.96. The van der Waals surface area contributed by atoms with Crippen LogP contribution >= 0.6 is 34.5 Å². The Hall–Kier alpha value is -2.92. The lowest BCUT2D eigenvalue weighted by Crippen LogP contribution is -2.14. The number of benzene rings is 2. The molecule has 0 unspecified atom stereocenters. The van der Waals surface area contributed by atoms with Crippen molar-refractivity contribution in [3.63, 3.8) is 0 Å². The number of nitrogens with one attached hydrogen (secondary N) is 3. The zero-order valence-corrected chi connectivity index (χ0v) is 18.6. The number of carbonyl (C=O) groups is 1. The normalized spacial score (nSPS) is 11.3. The van der Waals surface area contributed by atoms with Crippen molar-refractivity contribution >= 4 is 61.3 Å². The summed E-state index contributed by atoms with van der Waals surface area (Å²) in [7, 11) is -3.77. The molecular weight excluding hydrogens is 481 g/mol. The van der Waals surface area contributed by atoms with Gasteiger partial charge in [-0.25, -0.2) is 13.4 Å². The van der Waals surface area contributed by atoms with E-state index in [0.717, 1.165) is 0 Å². The number of halogens is 2. The summed E-state index contributed by atoms with van der Waals surface area (Å²) < 4.78 is 27.1. The minimum atomic E-state index is -3.77. The van der Waals surface area contributed by atoms with Crippen molar-refractivity contribution in [3.8, 4) is 11.3 Å². The predicted octanol–water partition coefficient (Wildman–Crippen LogP) is 4.89. The molecule has 31 heavy (non-hydrogen) atoms. The molecule has 0 atom stereocenters. The molecular formula is C19H13Cl2N5O3S2. The van der Waals surface area contributed by atoms with Gasteiger partial charge in [0, 0.05) is 27.9 Å². The van der Waals surface area contributed by atoms with Crippen LogP contribution in [0.15, 0.2) is 65.0 Å². The van der Waals surface area contributed by atoms with Gasteiger partial charge in [0.25, 0.3) is 15.9 Å². The Labute approximate surface area is 191 Å². The van der Waals surface area contributed by atoms with E-state index < -0.39 is 15.9 Å². The second-order valence-corrected chi connectivity index (χ2v) is 9.63. The molecule has 0 radical (unpaired) electrons. The van der Waals surface area contributed by atoms with Crippen LogP contribution in [0.1, 0.15) is 10.5 Å². The first-order chi connectivity index (χ1) is 14.8. The SMILES string of the molecule is O=C(Nc1ccc(S(=O)(=O)Nc2nccs2)cc1)c1cc(-c2ccc(Cl)cc2Cl)n[nH]1. The van der Waals surface area contributed by atoms with Crippen molar-refractivity contribution < 1.29 is 13.2 Å². The van der Waals surface area contributed by atoms with Crippen LogP contribution in [0.5, 0.6) is 0 Å². The molecule has 0 aliphatic rings. The van der Waals surface area contributed by atoms with Crippen LogP contribution in [0, 0.1) is 0 Å². The maximum Gasteiger partial charge on any atom is 0.273 e. The molecule has 0 aliphatic heterocycles. The number of hydrogen-bond acceptors (Lipinski definition) is 6. The number of hydrogen-bond donors (Lipinski definition) is 3. The van der Waals surface area contributed by atoms with E-state index >= 15 is 0 Å². The number of nitrogens with zero attached hydrogens (tertiary/aromatic N) is 2. The minimum Gasteiger partial charge on any atom is -0.321 e. The van der Waals surface area contributed by atoms with E-state index in [9.17, 15) is 13.2 Å². The average Bonchev–Trinajstić information content (AvgIpc) is 3.40. The van der Waals surface area contributed by atoms with Crippen molar-refractivity contribution in [2.75, 3.05) is 10.0 Å². The first kappa shape index (κ1) is 21.3. The molecule has 0 spiro atoms. The van der Waals surface area contributed by atoms with E-state index in [-0.39, 0.29) is 15.7 Å². The molecule has 4 aromatic rings. The van der Waals surface area contributed by atoms with E-state index in [1.165, 1.54) is 41.8 Å². The zero-order valence-electron chi connectivity index (χ0n) is 15.5. The Morgan fingerprint density at radius 1 is 1.06 bits per heavy atom. The minimum absolute atomic E-state index is 0.0434. The van der Waals surface area contributed by atoms with Gasteiger partial charge in [-0.3, -0.25) is 14.6 Å². The lowest BCUT2D eigenvalue weighted by molar-refractivity contribution is 0.102. The van der Waals surface area contributed by atoms with Crippen molar-refractivity contribution in [3.05, 3.63) is 75.8 Å². The number of aromatic nitrogens is 3. The molecule has 0 saturated heterocycles. The Morgan fingerprint density at radius 3 is 2.52 bits per heavy atom. The maximum atomic E-state index is 12.5. The fourth-order valence-electron chi connectivity index (χ4n) is 2.64. The summed E-state index contributed by atoms with van der Waals surface area (Å²) in [5, 5.41) is 12.3. The molecule has 8 nitrogen and oxygen atoms in total. The molecule has 1 amide bonds. The molecule has 3 N–H and O–H groups in total. The van der Waals surface area contributed by atoms with Gasteiger partial charge in [0.2, 0.25) is 0 Å². The third-order valence-corrected chi connectivity index (χ3v) is 6.83. The third kappa shape index (κ3) is 4.88. The third-order valence-electron chi connectivity index (χ3n) is 4.11. The van der Waals surface area contributed by atoms with Crippen LogP contribution in [-0.4, -0.2) is 29.5 Å². The van der Waals surface area contributed by atoms with Gasteiger partial charge >= 0.3 is 0 Å². The summed E-state index contributed by atoms with van der Waals surface area (Å²) in [4.78, 5) is 16.5. The Balaban J connectivity index is 1.46. The summed E-state index contributed by atoms with van der Waals surface area (Å²) in [5.74, 6) is -0.444. The van der Waals surface area contributed by atoms with Crippen LogP contribution in [0.4, 0.5) is 10.8 Å². The van der Waals surface area contributed by atoms with Gasteiger partial charge in [-0.1, -0.05) is 23.2 Å². The summed E-state index contributed by atoms with van der Waals surface area (Å²) in [6, 6.07) is 12.3. The lowest BCUT2D eigenvalue weighted by Gasteiger charge is -2.07. The number of H-pyrrole nitrogens is 1. The Morgan fingerprint density at radius 2 is 1.84 bits per heavy atom. The first-order valence-electron chi connectivity index (χ1n) is 8.66. The van der Waals surface area contributed by atoms with Gasteiger partial charge in [0.15, 0.2) is 5.13 Å². The number of thiazole rings is 1. The predicted molar refractivity (Wildman–Crippen MR) is 121 cm³/mol. The first-order valence-corrected chi connectivity index (χ1v) is 11.8. The van der Waals surface area contributed by atoms with Gasteiger partial charge in [0.1, 0.15) is 5.69 Å². The van der Waals surface area contributed by atoms with Crippen molar-refractivity contribution in [1.29, 1.82) is 0 Å². The molecule has 0 aliphatic carbocycles. The smallest absolute Gasteiger partial charge is 0.273 e. The van der Waals surface area contributed by atoms with Gasteiger partial charge < -0.3 is 5.32 Å². The highest BCUT2D eigenvalue weighted by atomic mass is 35.5. The number of rotatable bonds is 6. The summed E-state index contributed by atoms with van der Waals surface area (Å²) in [6.45, 7) is 0. The lowest BCUT2D eigenvalue weighted by atomic mass is 10.1. The molecule has 0 fully saturated rings. The highest BCUT2D eigenvalue weighted by Gasteiger charge is 2.17. The number of sulfonamides is 1. The van der Waals surface area contributed by atoms with Crippen molar-refractivity contribution in [2.45, 2.75) is 4.90 Å². The highest BCUT2D eigenvalue weighted by molar-refractivity contribution is 7.93. The second-order valence-electron chi connectivity index (χ2n) is 6.21. The van der Waals surface area contributed by atoms with Gasteiger partial charge in [-0.2, -0.15) is 5.10 Å². The van der Waals surface area contributed by atoms with Crippen LogP contribution in [0.2, 0.25) is 10.0 Å². The van der Waals surface area contributed by atoms with E-state index in [4.69, 9.17) is 23.2 Å². The molecule has 4 rings (SSSR count). The van der Waals surface area contributed by atoms with Gasteiger partial charge in [-0.15, -0.1) is 11.3 Å². The number of amides is 1. The zero-order chi connectivity index (χ0) is 22.0. The van der Waals surface area contributed by atoms with Crippen molar-refractivity contribution in [2.24, 2.45) is 0 Å². The second kappa shape index (κ2) is 8.67. The monoisotopic (exact) mass is 493 g/mol. The van der Waals surface area contributed by atoms with Crippen molar-refractivity contribution in [1.82, 2.24) is 15.2 Å². The number of aromatic amines is 1. The maximum absolute atomic E-state index is 12.5. The van der Waals surface area contributed by atoms with Crippen LogP contribution in [-0.2, 0) is 10.0 Å². The average molecular weight is 494 g/mol. The summed E-state index contributed by atoms with van der Waals surface area (Å²) in [5.41, 5.74) is 1.74. The topological polar surface area (TPSA) is 117 Å². The van der Waals surface area contributed by atoms with E-state index in [1.54, 1.807) is 29.6 Å². The molecule has 2 heterocycles. The molecule has 12 heteroatoms. The fourth-order valence-corrected chi connectivity index (χ4v) is 4.93. The quantitative estimate of drug-likeness (QED) is 0.353. The standard InChI is InChI=1S/C19H13Cl2N5O3S2/c20-11-1-6-14(15(21)9-11)16-10-17(25-24-16)18(27)23-12-2-4-13(5-3-12)31(28,29)26-19-22-7-8-30-19/h1-10H,(H,22,26)(H,23,27)(H,24,25). The van der Waals surface area contributed by atoms with Crippen LogP contribution in [0.25, 0.3) is 11.3 Å². The Bertz CT molecular complexity index is 1340. The molecule has 2 aromatic carbocycles. The summed E-state index contributed by atoms with van der Waals surface area (Å²) in [6.07, 6.45) is 1.50. The van der Waals surface area contributed by atoms with E-state index in [2.05, 4.69) is 25.2 Å².